The van der Waals surface area contributed by atoms with Crippen LogP contribution < -0.4 is 4.74 Å². The van der Waals surface area contributed by atoms with E-state index >= 15 is 0 Å². The lowest BCUT2D eigenvalue weighted by Crippen LogP contribution is -2.28. The van der Waals surface area contributed by atoms with E-state index in [-0.39, 0.29) is 18.5 Å². The third-order valence-electron chi connectivity index (χ3n) is 2.61. The molecule has 0 aliphatic carbocycles. The molecule has 1 aromatic carbocycles. The zero-order chi connectivity index (χ0) is 11.4. The Labute approximate surface area is 93.8 Å². The van der Waals surface area contributed by atoms with Crippen LogP contribution >= 0.6 is 0 Å². The molecule has 1 saturated heterocycles. The van der Waals surface area contributed by atoms with Crippen LogP contribution in [-0.4, -0.2) is 24.4 Å². The third kappa shape index (κ3) is 2.71. The molecule has 1 aliphatic rings. The molecule has 16 heavy (non-hydrogen) atoms. The lowest BCUT2D eigenvalue weighted by atomic mass is 10.1. The maximum atomic E-state index is 12.9. The average Bonchev–Trinajstić information content (AvgIpc) is 2.33. The van der Waals surface area contributed by atoms with Gasteiger partial charge in [-0.05, 0) is 31.0 Å². The van der Waals surface area contributed by atoms with Gasteiger partial charge in [-0.3, -0.25) is 0 Å². The van der Waals surface area contributed by atoms with Gasteiger partial charge in [0.05, 0.1) is 13.2 Å². The van der Waals surface area contributed by atoms with Gasteiger partial charge in [0.15, 0.2) is 0 Å². The molecular weight excluding hydrogens is 211 g/mol. The molecular formula is C12H15FO3. The van der Waals surface area contributed by atoms with Crippen molar-refractivity contribution < 1.29 is 19.0 Å². The summed E-state index contributed by atoms with van der Waals surface area (Å²) in [6.07, 6.45) is 1.91. The van der Waals surface area contributed by atoms with Gasteiger partial charge in [-0.2, -0.15) is 0 Å². The Kier molecular flexibility index (Phi) is 3.74. The minimum Gasteiger partial charge on any atom is -0.488 e. The van der Waals surface area contributed by atoms with Crippen molar-refractivity contribution in [3.05, 3.63) is 29.6 Å². The zero-order valence-electron chi connectivity index (χ0n) is 8.99. The van der Waals surface area contributed by atoms with Crippen molar-refractivity contribution in [3.63, 3.8) is 0 Å². The summed E-state index contributed by atoms with van der Waals surface area (Å²) < 4.78 is 23.9. The molecule has 1 aromatic rings. The number of halogens is 1. The highest BCUT2D eigenvalue weighted by atomic mass is 19.1. The van der Waals surface area contributed by atoms with Gasteiger partial charge in [0.2, 0.25) is 0 Å². The summed E-state index contributed by atoms with van der Waals surface area (Å²) in [4.78, 5) is 0. The normalized spacial score (nSPS) is 20.8. The van der Waals surface area contributed by atoms with Crippen LogP contribution in [0.1, 0.15) is 18.4 Å². The average molecular weight is 226 g/mol. The fraction of sp³-hybridized carbons (Fsp3) is 0.500. The van der Waals surface area contributed by atoms with Crippen LogP contribution in [-0.2, 0) is 11.3 Å². The standard InChI is InChI=1S/C12H15FO3/c13-10-3-4-12(9(6-10)7-14)16-11-2-1-5-15-8-11/h3-4,6,11,14H,1-2,5,7-8H2. The maximum absolute atomic E-state index is 12.9. The summed E-state index contributed by atoms with van der Waals surface area (Å²) in [6.45, 7) is 1.11. The Morgan fingerprint density at radius 3 is 3.06 bits per heavy atom. The SMILES string of the molecule is OCc1cc(F)ccc1OC1CCCOC1. The Morgan fingerprint density at radius 1 is 1.50 bits per heavy atom. The summed E-state index contributed by atoms with van der Waals surface area (Å²) in [5.74, 6) is 0.177. The largest absolute Gasteiger partial charge is 0.488 e. The highest BCUT2D eigenvalue weighted by Gasteiger charge is 2.16. The summed E-state index contributed by atoms with van der Waals surface area (Å²) in [6, 6.07) is 4.17. The first-order valence-corrected chi connectivity index (χ1v) is 5.43. The Balaban J connectivity index is 2.07. The second kappa shape index (κ2) is 5.27. The number of benzene rings is 1. The monoisotopic (exact) mass is 226 g/mol. The predicted molar refractivity (Wildman–Crippen MR) is 56.8 cm³/mol. The molecule has 88 valence electrons. The molecule has 0 radical (unpaired) electrons. The number of rotatable bonds is 3. The second-order valence-electron chi connectivity index (χ2n) is 3.87. The van der Waals surface area contributed by atoms with Crippen molar-refractivity contribution in [1.29, 1.82) is 0 Å². The van der Waals surface area contributed by atoms with Gasteiger partial charge in [0.25, 0.3) is 0 Å². The van der Waals surface area contributed by atoms with Crippen molar-refractivity contribution in [2.24, 2.45) is 0 Å². The topological polar surface area (TPSA) is 38.7 Å². The molecule has 0 amide bonds. The lowest BCUT2D eigenvalue weighted by Gasteiger charge is -2.24. The second-order valence-corrected chi connectivity index (χ2v) is 3.87. The van der Waals surface area contributed by atoms with Gasteiger partial charge in [0, 0.05) is 12.2 Å². The third-order valence-corrected chi connectivity index (χ3v) is 2.61. The number of aliphatic hydroxyl groups is 1. The zero-order valence-corrected chi connectivity index (χ0v) is 8.99. The van der Waals surface area contributed by atoms with E-state index in [2.05, 4.69) is 0 Å². The van der Waals surface area contributed by atoms with Crippen molar-refractivity contribution in [2.75, 3.05) is 13.2 Å². The van der Waals surface area contributed by atoms with Crippen LogP contribution in [0.15, 0.2) is 18.2 Å². The van der Waals surface area contributed by atoms with Gasteiger partial charge >= 0.3 is 0 Å². The quantitative estimate of drug-likeness (QED) is 0.855. The number of hydrogen-bond acceptors (Lipinski definition) is 3. The molecule has 1 unspecified atom stereocenters. The smallest absolute Gasteiger partial charge is 0.125 e. The van der Waals surface area contributed by atoms with Crippen LogP contribution in [0.2, 0.25) is 0 Å². The molecule has 4 heteroatoms. The molecule has 1 N–H and O–H groups in total. The molecule has 1 heterocycles. The highest BCUT2D eigenvalue weighted by molar-refractivity contribution is 5.33. The van der Waals surface area contributed by atoms with Crippen molar-refractivity contribution in [1.82, 2.24) is 0 Å². The van der Waals surface area contributed by atoms with Crippen LogP contribution in [0.4, 0.5) is 4.39 Å². The molecule has 1 atom stereocenters. The fourth-order valence-electron chi connectivity index (χ4n) is 1.77. The van der Waals surface area contributed by atoms with Crippen LogP contribution in [0.3, 0.4) is 0 Å². The molecule has 2 rings (SSSR count). The number of hydrogen-bond donors (Lipinski definition) is 1. The van der Waals surface area contributed by atoms with E-state index in [1.54, 1.807) is 6.07 Å². The summed E-state index contributed by atoms with van der Waals surface area (Å²) in [5, 5.41) is 9.09. The fourth-order valence-corrected chi connectivity index (χ4v) is 1.77. The summed E-state index contributed by atoms with van der Waals surface area (Å²) in [5.41, 5.74) is 0.477. The van der Waals surface area contributed by atoms with Gasteiger partial charge < -0.3 is 14.6 Å². The molecule has 3 nitrogen and oxygen atoms in total. The van der Waals surface area contributed by atoms with Crippen LogP contribution in [0.5, 0.6) is 5.75 Å². The van der Waals surface area contributed by atoms with E-state index in [0.717, 1.165) is 19.4 Å². The summed E-state index contributed by atoms with van der Waals surface area (Å²) in [7, 11) is 0. The maximum Gasteiger partial charge on any atom is 0.125 e. The van der Waals surface area contributed by atoms with Gasteiger partial charge in [-0.1, -0.05) is 0 Å². The number of ether oxygens (including phenoxy) is 2. The van der Waals surface area contributed by atoms with Gasteiger partial charge in [0.1, 0.15) is 17.7 Å². The van der Waals surface area contributed by atoms with E-state index in [0.29, 0.717) is 17.9 Å². The Morgan fingerprint density at radius 2 is 2.38 bits per heavy atom. The van der Waals surface area contributed by atoms with E-state index in [4.69, 9.17) is 14.6 Å². The molecule has 1 fully saturated rings. The molecule has 0 bridgehead atoms. The minimum atomic E-state index is -0.365. The van der Waals surface area contributed by atoms with E-state index in [1.807, 2.05) is 0 Å². The lowest BCUT2D eigenvalue weighted by molar-refractivity contribution is 0.00657. The highest BCUT2D eigenvalue weighted by Crippen LogP contribution is 2.23. The summed E-state index contributed by atoms with van der Waals surface area (Å²) >= 11 is 0. The van der Waals surface area contributed by atoms with Crippen LogP contribution in [0.25, 0.3) is 0 Å². The molecule has 0 saturated carbocycles. The first-order chi connectivity index (χ1) is 7.79. The first kappa shape index (κ1) is 11.4. The minimum absolute atomic E-state index is 0.00418. The molecule has 1 aliphatic heterocycles. The van der Waals surface area contributed by atoms with Crippen LogP contribution in [0, 0.1) is 5.82 Å². The van der Waals surface area contributed by atoms with E-state index < -0.39 is 0 Å². The van der Waals surface area contributed by atoms with Crippen molar-refractivity contribution >= 4 is 0 Å². The first-order valence-electron chi connectivity index (χ1n) is 5.43. The predicted octanol–water partition coefficient (Wildman–Crippen LogP) is 1.88. The molecule has 0 aromatic heterocycles. The Hall–Kier alpha value is -1.13. The van der Waals surface area contributed by atoms with E-state index in [9.17, 15) is 4.39 Å². The van der Waals surface area contributed by atoms with Gasteiger partial charge in [-0.25, -0.2) is 4.39 Å². The van der Waals surface area contributed by atoms with Crippen molar-refractivity contribution in [3.8, 4) is 5.75 Å². The molecule has 0 spiro atoms. The van der Waals surface area contributed by atoms with Gasteiger partial charge in [-0.15, -0.1) is 0 Å². The Bertz CT molecular complexity index is 348. The number of aliphatic hydroxyl groups excluding tert-OH is 1. The van der Waals surface area contributed by atoms with Crippen molar-refractivity contribution in [2.45, 2.75) is 25.6 Å². The van der Waals surface area contributed by atoms with E-state index in [1.165, 1.54) is 12.1 Å².